The van der Waals surface area contributed by atoms with Crippen molar-refractivity contribution in [3.63, 3.8) is 0 Å². The fourth-order valence-electron chi connectivity index (χ4n) is 2.17. The number of nitrogens with two attached hydrogens (primary N) is 1. The highest BCUT2D eigenvalue weighted by Crippen LogP contribution is 2.30. The highest BCUT2D eigenvalue weighted by atomic mass is 35.5. The number of aryl methyl sites for hydroxylation is 1. The van der Waals surface area contributed by atoms with Crippen molar-refractivity contribution in [2.75, 3.05) is 11.1 Å². The van der Waals surface area contributed by atoms with E-state index in [2.05, 4.69) is 10.3 Å². The standard InChI is InChI=1S/C16H14ClN3/c1-10-4-5-11(17)9-15(10)20-14-7-6-13(18)12-3-2-8-19-16(12)14/h2-9,20H,18H2,1H3. The Morgan fingerprint density at radius 2 is 1.95 bits per heavy atom. The molecular weight excluding hydrogens is 270 g/mol. The topological polar surface area (TPSA) is 50.9 Å². The van der Waals surface area contributed by atoms with E-state index >= 15 is 0 Å². The van der Waals surface area contributed by atoms with Crippen molar-refractivity contribution >= 4 is 39.6 Å². The van der Waals surface area contributed by atoms with Crippen LogP contribution in [0.15, 0.2) is 48.7 Å². The Labute approximate surface area is 122 Å². The van der Waals surface area contributed by atoms with Crippen molar-refractivity contribution in [2.24, 2.45) is 0 Å². The summed E-state index contributed by atoms with van der Waals surface area (Å²) in [4.78, 5) is 4.41. The fourth-order valence-corrected chi connectivity index (χ4v) is 2.34. The summed E-state index contributed by atoms with van der Waals surface area (Å²) in [5.74, 6) is 0. The molecule has 0 saturated heterocycles. The summed E-state index contributed by atoms with van der Waals surface area (Å²) in [6.07, 6.45) is 1.76. The zero-order chi connectivity index (χ0) is 14.1. The molecule has 0 fully saturated rings. The second kappa shape index (κ2) is 5.02. The normalized spacial score (nSPS) is 10.7. The molecule has 3 aromatic rings. The van der Waals surface area contributed by atoms with Gasteiger partial charge in [0, 0.05) is 28.0 Å². The van der Waals surface area contributed by atoms with Gasteiger partial charge in [-0.1, -0.05) is 17.7 Å². The Balaban J connectivity index is 2.11. The summed E-state index contributed by atoms with van der Waals surface area (Å²) in [5.41, 5.74) is 10.6. The molecule has 0 aliphatic carbocycles. The van der Waals surface area contributed by atoms with Crippen LogP contribution < -0.4 is 11.1 Å². The molecule has 100 valence electrons. The lowest BCUT2D eigenvalue weighted by Gasteiger charge is -2.12. The number of nitrogens with zero attached hydrogens (tertiary/aromatic N) is 1. The Morgan fingerprint density at radius 3 is 2.80 bits per heavy atom. The van der Waals surface area contributed by atoms with E-state index in [1.807, 2.05) is 49.4 Å². The van der Waals surface area contributed by atoms with Crippen LogP contribution in [0.3, 0.4) is 0 Å². The summed E-state index contributed by atoms with van der Waals surface area (Å²) in [5, 5.41) is 5.02. The number of rotatable bonds is 2. The Bertz CT molecular complexity index is 784. The number of pyridine rings is 1. The molecule has 1 aromatic heterocycles. The Morgan fingerprint density at radius 1 is 1.10 bits per heavy atom. The van der Waals surface area contributed by atoms with Crippen LogP contribution in [0.2, 0.25) is 5.02 Å². The van der Waals surface area contributed by atoms with Crippen LogP contribution in [0.1, 0.15) is 5.56 Å². The van der Waals surface area contributed by atoms with Crippen LogP contribution in [0.25, 0.3) is 10.9 Å². The first-order valence-corrected chi connectivity index (χ1v) is 6.69. The molecule has 0 spiro atoms. The number of nitrogens with one attached hydrogen (secondary N) is 1. The predicted molar refractivity (Wildman–Crippen MR) is 85.6 cm³/mol. The van der Waals surface area contributed by atoms with E-state index in [1.165, 1.54) is 0 Å². The SMILES string of the molecule is Cc1ccc(Cl)cc1Nc1ccc(N)c2cccnc12. The number of aromatic nitrogens is 1. The van der Waals surface area contributed by atoms with Gasteiger partial charge >= 0.3 is 0 Å². The molecule has 0 amide bonds. The third-order valence-corrected chi connectivity index (χ3v) is 3.51. The van der Waals surface area contributed by atoms with Crippen LogP contribution in [-0.2, 0) is 0 Å². The number of anilines is 3. The molecule has 0 aliphatic rings. The van der Waals surface area contributed by atoms with E-state index in [9.17, 15) is 0 Å². The minimum Gasteiger partial charge on any atom is -0.398 e. The van der Waals surface area contributed by atoms with Crippen molar-refractivity contribution in [1.82, 2.24) is 4.98 Å². The zero-order valence-corrected chi connectivity index (χ0v) is 11.8. The van der Waals surface area contributed by atoms with E-state index in [4.69, 9.17) is 17.3 Å². The first-order chi connectivity index (χ1) is 9.65. The van der Waals surface area contributed by atoms with Crippen molar-refractivity contribution in [1.29, 1.82) is 0 Å². The van der Waals surface area contributed by atoms with Gasteiger partial charge in [0.2, 0.25) is 0 Å². The maximum Gasteiger partial charge on any atom is 0.0957 e. The smallest absolute Gasteiger partial charge is 0.0957 e. The van der Waals surface area contributed by atoms with Gasteiger partial charge in [0.25, 0.3) is 0 Å². The van der Waals surface area contributed by atoms with Crippen molar-refractivity contribution in [3.8, 4) is 0 Å². The van der Waals surface area contributed by atoms with Gasteiger partial charge in [-0.15, -0.1) is 0 Å². The van der Waals surface area contributed by atoms with Crippen LogP contribution in [0.5, 0.6) is 0 Å². The first-order valence-electron chi connectivity index (χ1n) is 6.31. The molecule has 3 rings (SSSR count). The molecule has 1 heterocycles. The lowest BCUT2D eigenvalue weighted by Crippen LogP contribution is -1.97. The number of hydrogen-bond acceptors (Lipinski definition) is 3. The summed E-state index contributed by atoms with van der Waals surface area (Å²) >= 11 is 6.05. The lowest BCUT2D eigenvalue weighted by molar-refractivity contribution is 1.39. The number of nitrogen functional groups attached to an aromatic ring is 1. The molecule has 0 atom stereocenters. The molecule has 0 bridgehead atoms. The first kappa shape index (κ1) is 12.8. The van der Waals surface area contributed by atoms with E-state index in [-0.39, 0.29) is 0 Å². The van der Waals surface area contributed by atoms with Gasteiger partial charge in [0.1, 0.15) is 0 Å². The number of hydrogen-bond donors (Lipinski definition) is 2. The van der Waals surface area contributed by atoms with Crippen molar-refractivity contribution < 1.29 is 0 Å². The van der Waals surface area contributed by atoms with Gasteiger partial charge in [-0.3, -0.25) is 4.98 Å². The van der Waals surface area contributed by atoms with Crippen LogP contribution in [-0.4, -0.2) is 4.98 Å². The largest absolute Gasteiger partial charge is 0.398 e. The molecule has 0 saturated carbocycles. The van der Waals surface area contributed by atoms with E-state index in [1.54, 1.807) is 6.20 Å². The molecule has 4 heteroatoms. The summed E-state index contributed by atoms with van der Waals surface area (Å²) in [6.45, 7) is 2.03. The Hall–Kier alpha value is -2.26. The van der Waals surface area contributed by atoms with Gasteiger partial charge in [-0.2, -0.15) is 0 Å². The third-order valence-electron chi connectivity index (χ3n) is 3.27. The zero-order valence-electron chi connectivity index (χ0n) is 11.0. The minimum atomic E-state index is 0.700. The maximum atomic E-state index is 6.05. The highest BCUT2D eigenvalue weighted by Gasteiger charge is 2.07. The molecule has 2 aromatic carbocycles. The van der Waals surface area contributed by atoms with Gasteiger partial charge in [-0.25, -0.2) is 0 Å². The second-order valence-electron chi connectivity index (χ2n) is 4.69. The summed E-state index contributed by atoms with van der Waals surface area (Å²) in [6, 6.07) is 13.4. The maximum absolute atomic E-state index is 6.05. The number of benzene rings is 2. The minimum absolute atomic E-state index is 0.700. The van der Waals surface area contributed by atoms with E-state index in [0.717, 1.165) is 33.5 Å². The molecule has 3 N–H and O–H groups in total. The quantitative estimate of drug-likeness (QED) is 0.680. The summed E-state index contributed by atoms with van der Waals surface area (Å²) < 4.78 is 0. The fraction of sp³-hybridized carbons (Fsp3) is 0.0625. The van der Waals surface area contributed by atoms with Crippen LogP contribution in [0.4, 0.5) is 17.1 Å². The van der Waals surface area contributed by atoms with Crippen molar-refractivity contribution in [2.45, 2.75) is 6.92 Å². The van der Waals surface area contributed by atoms with Crippen molar-refractivity contribution in [3.05, 3.63) is 59.2 Å². The predicted octanol–water partition coefficient (Wildman–Crippen LogP) is 4.52. The van der Waals surface area contributed by atoms with Gasteiger partial charge in [0.05, 0.1) is 11.2 Å². The van der Waals surface area contributed by atoms with Crippen LogP contribution >= 0.6 is 11.6 Å². The number of fused-ring (bicyclic) bond motifs is 1. The molecule has 0 aliphatic heterocycles. The van der Waals surface area contributed by atoms with Gasteiger partial charge < -0.3 is 11.1 Å². The number of halogens is 1. The monoisotopic (exact) mass is 283 g/mol. The molecule has 20 heavy (non-hydrogen) atoms. The average molecular weight is 284 g/mol. The summed E-state index contributed by atoms with van der Waals surface area (Å²) in [7, 11) is 0. The second-order valence-corrected chi connectivity index (χ2v) is 5.12. The van der Waals surface area contributed by atoms with Gasteiger partial charge in [0.15, 0.2) is 0 Å². The molecule has 0 unspecified atom stereocenters. The van der Waals surface area contributed by atoms with E-state index in [0.29, 0.717) is 5.02 Å². The van der Waals surface area contributed by atoms with E-state index < -0.39 is 0 Å². The molecule has 0 radical (unpaired) electrons. The lowest BCUT2D eigenvalue weighted by atomic mass is 10.1. The molecular formula is C16H14ClN3. The van der Waals surface area contributed by atoms with Crippen LogP contribution in [0, 0.1) is 6.92 Å². The third kappa shape index (κ3) is 2.28. The average Bonchev–Trinajstić information content (AvgIpc) is 2.46. The Kier molecular flexibility index (Phi) is 3.20. The molecule has 3 nitrogen and oxygen atoms in total. The van der Waals surface area contributed by atoms with Gasteiger partial charge in [-0.05, 0) is 48.9 Å². The highest BCUT2D eigenvalue weighted by molar-refractivity contribution is 6.30.